The van der Waals surface area contributed by atoms with E-state index in [-0.39, 0.29) is 17.4 Å². The maximum absolute atomic E-state index is 13.1. The van der Waals surface area contributed by atoms with E-state index in [9.17, 15) is 9.59 Å². The maximum Gasteiger partial charge on any atom is 0.248 e. The molecule has 0 radical (unpaired) electrons. The van der Waals surface area contributed by atoms with Gasteiger partial charge in [0.25, 0.3) is 0 Å². The molecule has 0 aliphatic carbocycles. The predicted molar refractivity (Wildman–Crippen MR) is 129 cm³/mol. The summed E-state index contributed by atoms with van der Waals surface area (Å²) >= 11 is 0. The third-order valence-electron chi connectivity index (χ3n) is 5.57. The molecule has 0 aliphatic heterocycles. The van der Waals surface area contributed by atoms with Crippen LogP contribution in [0, 0.1) is 6.92 Å². The van der Waals surface area contributed by atoms with E-state index >= 15 is 0 Å². The Morgan fingerprint density at radius 2 is 1.44 bits per heavy atom. The maximum atomic E-state index is 13.1. The molecule has 0 aliphatic rings. The van der Waals surface area contributed by atoms with E-state index < -0.39 is 6.04 Å². The first-order valence-corrected chi connectivity index (χ1v) is 10.5. The van der Waals surface area contributed by atoms with E-state index in [1.165, 1.54) is 0 Å². The second kappa shape index (κ2) is 9.45. The van der Waals surface area contributed by atoms with Gasteiger partial charge in [-0.25, -0.2) is 0 Å². The van der Waals surface area contributed by atoms with Crippen LogP contribution in [0.2, 0.25) is 0 Å². The van der Waals surface area contributed by atoms with Gasteiger partial charge < -0.3 is 16.0 Å². The number of nitrogens with two attached hydrogens (primary N) is 1. The molecule has 4 rings (SSSR count). The van der Waals surface area contributed by atoms with Crippen molar-refractivity contribution in [2.24, 2.45) is 5.73 Å². The van der Waals surface area contributed by atoms with Crippen LogP contribution in [0.3, 0.4) is 0 Å². The van der Waals surface area contributed by atoms with Crippen LogP contribution in [0.4, 0.5) is 5.69 Å². The Hall–Kier alpha value is -3.96. The molecule has 0 saturated carbocycles. The summed E-state index contributed by atoms with van der Waals surface area (Å²) in [5, 5.41) is 2.94. The van der Waals surface area contributed by atoms with Gasteiger partial charge >= 0.3 is 0 Å². The molecule has 32 heavy (non-hydrogen) atoms. The van der Waals surface area contributed by atoms with Crippen molar-refractivity contribution in [3.05, 3.63) is 124 Å². The molecule has 0 unspecified atom stereocenters. The SMILES string of the molecule is Cc1cc(=O)[nH]cc1-c1ccc(NC(=O)[C@@H](N)C(c2ccccc2)c2ccccc2)cc1. The highest BCUT2D eigenvalue weighted by atomic mass is 16.2. The van der Waals surface area contributed by atoms with Gasteiger partial charge in [0.1, 0.15) is 0 Å². The van der Waals surface area contributed by atoms with Crippen molar-refractivity contribution in [1.29, 1.82) is 0 Å². The summed E-state index contributed by atoms with van der Waals surface area (Å²) in [7, 11) is 0. The first-order chi connectivity index (χ1) is 15.5. The lowest BCUT2D eigenvalue weighted by Crippen LogP contribution is -2.41. The number of aromatic amines is 1. The average Bonchev–Trinajstić information content (AvgIpc) is 2.81. The zero-order valence-corrected chi connectivity index (χ0v) is 17.8. The monoisotopic (exact) mass is 423 g/mol. The van der Waals surface area contributed by atoms with E-state index in [4.69, 9.17) is 5.73 Å². The van der Waals surface area contributed by atoms with Crippen LogP contribution < -0.4 is 16.6 Å². The highest BCUT2D eigenvalue weighted by molar-refractivity contribution is 5.96. The molecule has 0 bridgehead atoms. The molecule has 1 aromatic heterocycles. The number of hydrogen-bond acceptors (Lipinski definition) is 3. The van der Waals surface area contributed by atoms with Crippen LogP contribution in [-0.4, -0.2) is 16.9 Å². The van der Waals surface area contributed by atoms with E-state index in [2.05, 4.69) is 10.3 Å². The van der Waals surface area contributed by atoms with Gasteiger partial charge in [-0.05, 0) is 41.3 Å². The summed E-state index contributed by atoms with van der Waals surface area (Å²) in [4.78, 5) is 27.2. The second-order valence-electron chi connectivity index (χ2n) is 7.79. The highest BCUT2D eigenvalue weighted by Crippen LogP contribution is 2.28. The summed E-state index contributed by atoms with van der Waals surface area (Å²) in [6, 6.07) is 28.0. The van der Waals surface area contributed by atoms with E-state index in [0.29, 0.717) is 5.69 Å². The van der Waals surface area contributed by atoms with Crippen molar-refractivity contribution in [3.63, 3.8) is 0 Å². The lowest BCUT2D eigenvalue weighted by Gasteiger charge is -2.24. The molecule has 1 heterocycles. The minimum absolute atomic E-state index is 0.129. The second-order valence-corrected chi connectivity index (χ2v) is 7.79. The van der Waals surface area contributed by atoms with Crippen molar-refractivity contribution in [2.45, 2.75) is 18.9 Å². The molecule has 3 aromatic carbocycles. The minimum atomic E-state index is -0.763. The van der Waals surface area contributed by atoms with Crippen LogP contribution in [0.15, 0.2) is 102 Å². The predicted octanol–water partition coefficient (Wildman–Crippen LogP) is 4.45. The standard InChI is InChI=1S/C27H25N3O2/c1-18-16-24(31)29-17-23(18)19-12-14-22(15-13-19)30-27(32)26(28)25(20-8-4-2-5-9-20)21-10-6-3-7-11-21/h2-17,25-26H,28H2,1H3,(H,29,31)(H,30,32)/t26-/m0/s1. The van der Waals surface area contributed by atoms with Crippen LogP contribution in [0.25, 0.3) is 11.1 Å². The summed E-state index contributed by atoms with van der Waals surface area (Å²) < 4.78 is 0. The van der Waals surface area contributed by atoms with Gasteiger partial charge in [0.2, 0.25) is 11.5 Å². The fraction of sp³-hybridized carbons (Fsp3) is 0.111. The molecule has 5 heteroatoms. The lowest BCUT2D eigenvalue weighted by molar-refractivity contribution is -0.117. The number of nitrogens with one attached hydrogen (secondary N) is 2. The third-order valence-corrected chi connectivity index (χ3v) is 5.57. The van der Waals surface area contributed by atoms with E-state index in [1.54, 1.807) is 12.3 Å². The molecule has 4 N–H and O–H groups in total. The molecule has 160 valence electrons. The Morgan fingerprint density at radius 1 is 0.875 bits per heavy atom. The number of aryl methyl sites for hydroxylation is 1. The zero-order chi connectivity index (χ0) is 22.5. The molecule has 0 fully saturated rings. The molecule has 5 nitrogen and oxygen atoms in total. The quantitative estimate of drug-likeness (QED) is 0.428. The van der Waals surface area contributed by atoms with Gasteiger partial charge in [0.15, 0.2) is 0 Å². The van der Waals surface area contributed by atoms with Crippen LogP contribution in [-0.2, 0) is 4.79 Å². The number of pyridine rings is 1. The van der Waals surface area contributed by atoms with Gasteiger partial charge in [0, 0.05) is 29.4 Å². The van der Waals surface area contributed by atoms with Crippen molar-refractivity contribution in [1.82, 2.24) is 4.98 Å². The van der Waals surface area contributed by atoms with Crippen LogP contribution in [0.1, 0.15) is 22.6 Å². The van der Waals surface area contributed by atoms with Crippen LogP contribution in [0.5, 0.6) is 0 Å². The van der Waals surface area contributed by atoms with Crippen molar-refractivity contribution in [2.75, 3.05) is 5.32 Å². The third kappa shape index (κ3) is 4.68. The molecule has 0 saturated heterocycles. The number of amides is 1. The number of carbonyl (C=O) groups excluding carboxylic acids is 1. The van der Waals surface area contributed by atoms with Gasteiger partial charge in [-0.1, -0.05) is 72.8 Å². The van der Waals surface area contributed by atoms with Crippen molar-refractivity contribution >= 4 is 11.6 Å². The summed E-state index contributed by atoms with van der Waals surface area (Å²) in [5.41, 5.74) is 11.8. The number of carbonyl (C=O) groups is 1. The number of benzene rings is 3. The highest BCUT2D eigenvalue weighted by Gasteiger charge is 2.27. The summed E-state index contributed by atoms with van der Waals surface area (Å²) in [5.74, 6) is -0.517. The molecular formula is C27H25N3O2. The first-order valence-electron chi connectivity index (χ1n) is 10.5. The number of hydrogen-bond donors (Lipinski definition) is 3. The fourth-order valence-electron chi connectivity index (χ4n) is 3.92. The van der Waals surface area contributed by atoms with Gasteiger partial charge in [-0.15, -0.1) is 0 Å². The molecule has 1 atom stereocenters. The smallest absolute Gasteiger partial charge is 0.248 e. The zero-order valence-electron chi connectivity index (χ0n) is 17.8. The minimum Gasteiger partial charge on any atom is -0.328 e. The molecule has 1 amide bonds. The Labute approximate surface area is 186 Å². The van der Waals surface area contributed by atoms with Gasteiger partial charge in [-0.2, -0.15) is 0 Å². The van der Waals surface area contributed by atoms with E-state index in [1.807, 2.05) is 91.9 Å². The van der Waals surface area contributed by atoms with Gasteiger partial charge in [-0.3, -0.25) is 9.59 Å². The molecule has 4 aromatic rings. The van der Waals surface area contributed by atoms with Crippen LogP contribution >= 0.6 is 0 Å². The summed E-state index contributed by atoms with van der Waals surface area (Å²) in [6.45, 7) is 1.90. The number of aromatic nitrogens is 1. The number of rotatable bonds is 6. The topological polar surface area (TPSA) is 88.0 Å². The first kappa shape index (κ1) is 21.3. The van der Waals surface area contributed by atoms with Gasteiger partial charge in [0.05, 0.1) is 6.04 Å². The van der Waals surface area contributed by atoms with E-state index in [0.717, 1.165) is 27.8 Å². The largest absolute Gasteiger partial charge is 0.328 e. The van der Waals surface area contributed by atoms with Crippen molar-refractivity contribution < 1.29 is 4.79 Å². The molecular weight excluding hydrogens is 398 g/mol. The molecule has 0 spiro atoms. The normalized spacial score (nSPS) is 11.8. The fourth-order valence-corrected chi connectivity index (χ4v) is 3.92. The number of anilines is 1. The Kier molecular flexibility index (Phi) is 6.29. The average molecular weight is 424 g/mol. The van der Waals surface area contributed by atoms with Crippen molar-refractivity contribution in [3.8, 4) is 11.1 Å². The Morgan fingerprint density at radius 3 is 1.97 bits per heavy atom. The Balaban J connectivity index is 1.55. The summed E-state index contributed by atoms with van der Waals surface area (Å²) in [6.07, 6.45) is 1.70. The Bertz CT molecular complexity index is 1210. The number of H-pyrrole nitrogens is 1. The lowest BCUT2D eigenvalue weighted by atomic mass is 9.85.